The van der Waals surface area contributed by atoms with Crippen LogP contribution in [0, 0.1) is 0 Å². The Balaban J connectivity index is 1.93. The summed E-state index contributed by atoms with van der Waals surface area (Å²) in [6.07, 6.45) is 2.34. The maximum atomic E-state index is 12.8. The highest BCUT2D eigenvalue weighted by atomic mass is 16.5. The van der Waals surface area contributed by atoms with Crippen molar-refractivity contribution in [3.05, 3.63) is 76.1 Å². The van der Waals surface area contributed by atoms with E-state index in [2.05, 4.69) is 17.4 Å². The summed E-state index contributed by atoms with van der Waals surface area (Å²) in [4.78, 5) is 12.8. The number of benzene rings is 2. The predicted octanol–water partition coefficient (Wildman–Crippen LogP) is 4.82. The van der Waals surface area contributed by atoms with Crippen LogP contribution in [0.3, 0.4) is 0 Å². The number of hydrogen-bond donors (Lipinski definition) is 1. The van der Waals surface area contributed by atoms with Crippen LogP contribution in [0.4, 0.5) is 0 Å². The van der Waals surface area contributed by atoms with Crippen LogP contribution in [0.2, 0.25) is 0 Å². The molecule has 1 N–H and O–H groups in total. The molecule has 0 fully saturated rings. The highest BCUT2D eigenvalue weighted by Gasteiger charge is 2.20. The van der Waals surface area contributed by atoms with Gasteiger partial charge in [-0.15, -0.1) is 0 Å². The molecule has 0 bridgehead atoms. The first-order valence-electron chi connectivity index (χ1n) is 9.32. The Morgan fingerprint density at radius 3 is 2.52 bits per heavy atom. The molecule has 0 saturated heterocycles. The SMILES string of the molecule is CNCCC(Oc1ccc2c(=O)c(C(C)(C)C)coc2c1)c1ccccc1. The van der Waals surface area contributed by atoms with E-state index in [9.17, 15) is 4.79 Å². The van der Waals surface area contributed by atoms with E-state index in [1.807, 2.05) is 52.1 Å². The van der Waals surface area contributed by atoms with Crippen LogP contribution in [-0.2, 0) is 5.41 Å². The molecule has 0 saturated carbocycles. The second-order valence-electron chi connectivity index (χ2n) is 7.80. The van der Waals surface area contributed by atoms with Crippen LogP contribution in [-0.4, -0.2) is 13.6 Å². The first-order chi connectivity index (χ1) is 12.9. The van der Waals surface area contributed by atoms with Crippen LogP contribution >= 0.6 is 0 Å². The van der Waals surface area contributed by atoms with E-state index in [4.69, 9.17) is 9.15 Å². The minimum absolute atomic E-state index is 0.0186. The second-order valence-corrected chi connectivity index (χ2v) is 7.80. The van der Waals surface area contributed by atoms with Crippen LogP contribution in [0.25, 0.3) is 11.0 Å². The van der Waals surface area contributed by atoms with E-state index >= 15 is 0 Å². The molecule has 27 heavy (non-hydrogen) atoms. The Kier molecular flexibility index (Phi) is 5.66. The standard InChI is InChI=1S/C23H27NO3/c1-23(2,3)19-15-26-21-14-17(10-11-18(21)22(19)25)27-20(12-13-24-4)16-8-6-5-7-9-16/h5-11,14-15,20,24H,12-13H2,1-4H3. The zero-order chi connectivity index (χ0) is 19.4. The zero-order valence-corrected chi connectivity index (χ0v) is 16.4. The van der Waals surface area contributed by atoms with E-state index in [-0.39, 0.29) is 16.9 Å². The van der Waals surface area contributed by atoms with Crippen molar-refractivity contribution in [3.8, 4) is 5.75 Å². The molecule has 0 aliphatic heterocycles. The van der Waals surface area contributed by atoms with Crippen LogP contribution < -0.4 is 15.5 Å². The van der Waals surface area contributed by atoms with Gasteiger partial charge in [0, 0.05) is 18.1 Å². The zero-order valence-electron chi connectivity index (χ0n) is 16.4. The van der Waals surface area contributed by atoms with Crippen LogP contribution in [0.1, 0.15) is 44.4 Å². The van der Waals surface area contributed by atoms with Crippen molar-refractivity contribution in [2.45, 2.75) is 38.7 Å². The van der Waals surface area contributed by atoms with Crippen molar-refractivity contribution >= 4 is 11.0 Å². The molecular weight excluding hydrogens is 338 g/mol. The summed E-state index contributed by atoms with van der Waals surface area (Å²) >= 11 is 0. The Bertz CT molecular complexity index is 955. The van der Waals surface area contributed by atoms with Crippen molar-refractivity contribution in [2.75, 3.05) is 13.6 Å². The van der Waals surface area contributed by atoms with Crippen molar-refractivity contribution in [1.82, 2.24) is 5.32 Å². The summed E-state index contributed by atoms with van der Waals surface area (Å²) < 4.78 is 12.0. The maximum Gasteiger partial charge on any atom is 0.196 e. The molecule has 3 aromatic rings. The number of fused-ring (bicyclic) bond motifs is 1. The first-order valence-corrected chi connectivity index (χ1v) is 9.32. The highest BCUT2D eigenvalue weighted by Crippen LogP contribution is 2.28. The molecule has 142 valence electrons. The highest BCUT2D eigenvalue weighted by molar-refractivity contribution is 5.78. The van der Waals surface area contributed by atoms with Crippen molar-refractivity contribution in [3.63, 3.8) is 0 Å². The van der Waals surface area contributed by atoms with E-state index < -0.39 is 0 Å². The van der Waals surface area contributed by atoms with Gasteiger partial charge < -0.3 is 14.5 Å². The van der Waals surface area contributed by atoms with E-state index in [1.165, 1.54) is 0 Å². The molecule has 0 aliphatic rings. The summed E-state index contributed by atoms with van der Waals surface area (Å²) in [5.74, 6) is 0.694. The number of hydrogen-bond acceptors (Lipinski definition) is 4. The van der Waals surface area contributed by atoms with Crippen molar-refractivity contribution in [2.24, 2.45) is 0 Å². The second kappa shape index (κ2) is 7.97. The van der Waals surface area contributed by atoms with Crippen molar-refractivity contribution in [1.29, 1.82) is 0 Å². The van der Waals surface area contributed by atoms with Gasteiger partial charge >= 0.3 is 0 Å². The molecule has 1 unspecified atom stereocenters. The summed E-state index contributed by atoms with van der Waals surface area (Å²) in [5, 5.41) is 3.76. The van der Waals surface area contributed by atoms with Gasteiger partial charge in [-0.25, -0.2) is 0 Å². The smallest absolute Gasteiger partial charge is 0.196 e. The average Bonchev–Trinajstić information content (AvgIpc) is 2.65. The van der Waals surface area contributed by atoms with Crippen LogP contribution in [0.15, 0.2) is 64.0 Å². The Labute approximate surface area is 160 Å². The number of nitrogens with one attached hydrogen (secondary N) is 1. The summed E-state index contributed by atoms with van der Waals surface area (Å²) in [6.45, 7) is 6.87. The molecule has 2 aromatic carbocycles. The molecular formula is C23H27NO3. The monoisotopic (exact) mass is 365 g/mol. The molecule has 0 amide bonds. The lowest BCUT2D eigenvalue weighted by molar-refractivity contribution is 0.195. The van der Waals surface area contributed by atoms with Gasteiger partial charge in [-0.1, -0.05) is 51.1 Å². The molecule has 4 nitrogen and oxygen atoms in total. The maximum absolute atomic E-state index is 12.8. The third-order valence-electron chi connectivity index (χ3n) is 4.66. The number of ether oxygens (including phenoxy) is 1. The quantitative estimate of drug-likeness (QED) is 0.680. The summed E-state index contributed by atoms with van der Waals surface area (Å²) in [7, 11) is 1.93. The van der Waals surface area contributed by atoms with Gasteiger partial charge in [0.05, 0.1) is 11.6 Å². The van der Waals surface area contributed by atoms with Gasteiger partial charge in [0.15, 0.2) is 5.43 Å². The van der Waals surface area contributed by atoms with Gasteiger partial charge in [-0.2, -0.15) is 0 Å². The fourth-order valence-corrected chi connectivity index (χ4v) is 3.10. The molecule has 0 spiro atoms. The molecule has 1 heterocycles. The molecule has 1 atom stereocenters. The average molecular weight is 365 g/mol. The minimum Gasteiger partial charge on any atom is -0.486 e. The molecule has 3 rings (SSSR count). The summed E-state index contributed by atoms with van der Waals surface area (Å²) in [5.41, 5.74) is 2.11. The fourth-order valence-electron chi connectivity index (χ4n) is 3.10. The van der Waals surface area contributed by atoms with Gasteiger partial charge in [-0.3, -0.25) is 4.79 Å². The topological polar surface area (TPSA) is 51.5 Å². The third-order valence-corrected chi connectivity index (χ3v) is 4.66. The molecule has 0 radical (unpaired) electrons. The van der Waals surface area contributed by atoms with E-state index in [0.29, 0.717) is 22.3 Å². The van der Waals surface area contributed by atoms with Crippen molar-refractivity contribution < 1.29 is 9.15 Å². The Morgan fingerprint density at radius 1 is 1.11 bits per heavy atom. The lowest BCUT2D eigenvalue weighted by Crippen LogP contribution is -2.22. The van der Waals surface area contributed by atoms with Gasteiger partial charge in [0.25, 0.3) is 0 Å². The summed E-state index contributed by atoms with van der Waals surface area (Å²) in [6, 6.07) is 15.6. The Hall–Kier alpha value is -2.59. The van der Waals surface area contributed by atoms with E-state index in [1.54, 1.807) is 18.4 Å². The molecule has 4 heteroatoms. The minimum atomic E-state index is -0.254. The van der Waals surface area contributed by atoms with Crippen LogP contribution in [0.5, 0.6) is 5.75 Å². The molecule has 0 aliphatic carbocycles. The number of rotatable bonds is 6. The predicted molar refractivity (Wildman–Crippen MR) is 110 cm³/mol. The van der Waals surface area contributed by atoms with E-state index in [0.717, 1.165) is 18.5 Å². The van der Waals surface area contributed by atoms with Gasteiger partial charge in [0.2, 0.25) is 0 Å². The third kappa shape index (κ3) is 4.40. The lowest BCUT2D eigenvalue weighted by Gasteiger charge is -2.20. The van der Waals surface area contributed by atoms with Gasteiger partial charge in [0.1, 0.15) is 17.4 Å². The normalized spacial score (nSPS) is 12.9. The first kappa shape index (κ1) is 19.2. The van der Waals surface area contributed by atoms with Gasteiger partial charge in [-0.05, 0) is 36.7 Å². The Morgan fingerprint density at radius 2 is 1.85 bits per heavy atom. The molecule has 1 aromatic heterocycles. The lowest BCUT2D eigenvalue weighted by atomic mass is 9.87. The fraction of sp³-hybridized carbons (Fsp3) is 0.348. The largest absolute Gasteiger partial charge is 0.486 e.